The van der Waals surface area contributed by atoms with Gasteiger partial charge in [-0.3, -0.25) is 4.79 Å². The number of nitrogens with zero attached hydrogens (tertiary/aromatic N) is 2. The normalized spacial score (nSPS) is 30.4. The first-order valence-corrected chi connectivity index (χ1v) is 10.7. The van der Waals surface area contributed by atoms with Crippen LogP contribution in [0.2, 0.25) is 10.0 Å². The van der Waals surface area contributed by atoms with E-state index in [4.69, 9.17) is 27.9 Å². The molecular weight excluding hydrogens is 397 g/mol. The van der Waals surface area contributed by atoms with Crippen LogP contribution in [-0.2, 0) is 6.73 Å². The summed E-state index contributed by atoms with van der Waals surface area (Å²) in [7, 11) is 0. The molecule has 28 heavy (non-hydrogen) atoms. The molecule has 4 bridgehead atoms. The smallest absolute Gasteiger partial charge is 0.272 e. The van der Waals surface area contributed by atoms with Crippen LogP contribution in [0, 0.1) is 17.8 Å². The van der Waals surface area contributed by atoms with E-state index in [0.29, 0.717) is 21.5 Å². The highest BCUT2D eigenvalue weighted by Gasteiger charge is 2.51. The number of hydrogen-bond acceptors (Lipinski definition) is 3. The van der Waals surface area contributed by atoms with Crippen LogP contribution in [0.1, 0.15) is 49.0 Å². The van der Waals surface area contributed by atoms with Crippen LogP contribution in [0.15, 0.2) is 30.5 Å². The lowest BCUT2D eigenvalue weighted by atomic mass is 9.53. The number of halogens is 2. The van der Waals surface area contributed by atoms with Gasteiger partial charge in [-0.2, -0.15) is 5.10 Å². The highest BCUT2D eigenvalue weighted by atomic mass is 35.5. The third-order valence-electron chi connectivity index (χ3n) is 6.56. The van der Waals surface area contributed by atoms with E-state index in [1.165, 1.54) is 19.3 Å². The van der Waals surface area contributed by atoms with Gasteiger partial charge in [0.1, 0.15) is 16.5 Å². The van der Waals surface area contributed by atoms with Gasteiger partial charge < -0.3 is 10.1 Å². The summed E-state index contributed by atoms with van der Waals surface area (Å²) in [5.74, 6) is 2.78. The van der Waals surface area contributed by atoms with Crippen LogP contribution >= 0.6 is 23.2 Å². The number of rotatable bonds is 5. The summed E-state index contributed by atoms with van der Waals surface area (Å²) in [4.78, 5) is 12.8. The van der Waals surface area contributed by atoms with Crippen LogP contribution in [-0.4, -0.2) is 21.2 Å². The molecule has 1 heterocycles. The molecule has 0 unspecified atom stereocenters. The van der Waals surface area contributed by atoms with Crippen molar-refractivity contribution in [3.05, 3.63) is 46.2 Å². The summed E-state index contributed by atoms with van der Waals surface area (Å²) in [6, 6.07) is 6.96. The second-order valence-electron chi connectivity index (χ2n) is 8.72. The molecule has 0 atom stereocenters. The first kappa shape index (κ1) is 18.3. The Hall–Kier alpha value is -1.72. The maximum absolute atomic E-state index is 12.8. The van der Waals surface area contributed by atoms with Crippen molar-refractivity contribution in [2.45, 2.75) is 50.8 Å². The Morgan fingerprint density at radius 2 is 1.82 bits per heavy atom. The van der Waals surface area contributed by atoms with Crippen molar-refractivity contribution < 1.29 is 9.53 Å². The minimum atomic E-state index is -0.0820. The Bertz CT molecular complexity index is 876. The summed E-state index contributed by atoms with van der Waals surface area (Å²) < 4.78 is 7.27. The number of nitrogens with one attached hydrogen (secondary N) is 1. The second kappa shape index (κ2) is 6.96. The molecule has 6 rings (SSSR count). The average molecular weight is 420 g/mol. The van der Waals surface area contributed by atoms with E-state index in [1.54, 1.807) is 35.1 Å². The van der Waals surface area contributed by atoms with Crippen LogP contribution < -0.4 is 10.1 Å². The van der Waals surface area contributed by atoms with Crippen molar-refractivity contribution in [2.75, 3.05) is 0 Å². The highest BCUT2D eigenvalue weighted by molar-refractivity contribution is 6.42. The zero-order chi connectivity index (χ0) is 19.3. The molecular formula is C21H23Cl2N3O2. The first-order valence-electron chi connectivity index (χ1n) is 9.92. The average Bonchev–Trinajstić information content (AvgIpc) is 3.11. The van der Waals surface area contributed by atoms with Gasteiger partial charge in [0.05, 0.1) is 5.02 Å². The summed E-state index contributed by atoms with van der Waals surface area (Å²) in [5, 5.41) is 8.54. The lowest BCUT2D eigenvalue weighted by Gasteiger charge is -2.56. The van der Waals surface area contributed by atoms with Gasteiger partial charge in [0.15, 0.2) is 6.73 Å². The van der Waals surface area contributed by atoms with Crippen molar-refractivity contribution in [2.24, 2.45) is 17.8 Å². The zero-order valence-corrected chi connectivity index (χ0v) is 17.0. The number of amides is 1. The van der Waals surface area contributed by atoms with E-state index in [-0.39, 0.29) is 18.2 Å². The second-order valence-corrected chi connectivity index (χ2v) is 9.50. The van der Waals surface area contributed by atoms with Gasteiger partial charge in [0.2, 0.25) is 0 Å². The van der Waals surface area contributed by atoms with E-state index >= 15 is 0 Å². The van der Waals surface area contributed by atoms with Crippen molar-refractivity contribution in [3.8, 4) is 5.75 Å². The molecule has 1 aromatic carbocycles. The number of aromatic nitrogens is 2. The van der Waals surface area contributed by atoms with Crippen molar-refractivity contribution in [1.82, 2.24) is 15.1 Å². The quantitative estimate of drug-likeness (QED) is 0.747. The topological polar surface area (TPSA) is 56.2 Å². The Kier molecular flexibility index (Phi) is 4.55. The Balaban J connectivity index is 1.24. The number of carbonyl (C=O) groups excluding carboxylic acids is 1. The van der Waals surface area contributed by atoms with Gasteiger partial charge in [-0.25, -0.2) is 4.68 Å². The van der Waals surface area contributed by atoms with Gasteiger partial charge >= 0.3 is 0 Å². The standard InChI is InChI=1S/C21H23Cl2N3O2/c22-16-2-1-3-18(19(16)23)28-12-26-5-4-17(25-26)20(27)24-21-9-13-6-14(10-21)8-15(7-13)11-21/h1-5,13-15H,6-12H2,(H,24,27). The number of ether oxygens (including phenoxy) is 1. The third-order valence-corrected chi connectivity index (χ3v) is 7.36. The molecule has 148 valence electrons. The lowest BCUT2D eigenvalue weighted by Crippen LogP contribution is -2.59. The minimum absolute atomic E-state index is 0.0135. The summed E-state index contributed by atoms with van der Waals surface area (Å²) >= 11 is 12.1. The molecule has 1 N–H and O–H groups in total. The predicted octanol–water partition coefficient (Wildman–Crippen LogP) is 4.93. The lowest BCUT2D eigenvalue weighted by molar-refractivity contribution is -0.0168. The molecule has 4 aliphatic carbocycles. The van der Waals surface area contributed by atoms with Crippen LogP contribution in [0.4, 0.5) is 0 Å². The summed E-state index contributed by atoms with van der Waals surface area (Å²) in [6.07, 6.45) is 9.19. The molecule has 0 radical (unpaired) electrons. The maximum Gasteiger partial charge on any atom is 0.272 e. The molecule has 7 heteroatoms. The van der Waals surface area contributed by atoms with Gasteiger partial charge in [0, 0.05) is 11.7 Å². The molecule has 4 saturated carbocycles. The fourth-order valence-corrected chi connectivity index (χ4v) is 6.20. The largest absolute Gasteiger partial charge is 0.470 e. The van der Waals surface area contributed by atoms with E-state index in [0.717, 1.165) is 37.0 Å². The molecule has 1 aromatic heterocycles. The Labute approximate surface area is 174 Å². The van der Waals surface area contributed by atoms with Crippen molar-refractivity contribution in [3.63, 3.8) is 0 Å². The Morgan fingerprint density at radius 1 is 1.14 bits per heavy atom. The minimum Gasteiger partial charge on any atom is -0.470 e. The molecule has 0 saturated heterocycles. The van der Waals surface area contributed by atoms with Gasteiger partial charge in [-0.05, 0) is 74.5 Å². The third kappa shape index (κ3) is 3.39. The predicted molar refractivity (Wildman–Crippen MR) is 108 cm³/mol. The fraction of sp³-hybridized carbons (Fsp3) is 0.524. The van der Waals surface area contributed by atoms with Gasteiger partial charge in [-0.15, -0.1) is 0 Å². The van der Waals surface area contributed by atoms with E-state index in [9.17, 15) is 4.79 Å². The molecule has 1 amide bonds. The van der Waals surface area contributed by atoms with Crippen LogP contribution in [0.3, 0.4) is 0 Å². The summed E-state index contributed by atoms with van der Waals surface area (Å²) in [6.45, 7) is 0.157. The number of carbonyl (C=O) groups is 1. The van der Waals surface area contributed by atoms with Crippen LogP contribution in [0.5, 0.6) is 5.75 Å². The molecule has 0 spiro atoms. The van der Waals surface area contributed by atoms with Crippen LogP contribution in [0.25, 0.3) is 0 Å². The number of benzene rings is 1. The first-order chi connectivity index (χ1) is 13.5. The zero-order valence-electron chi connectivity index (χ0n) is 15.5. The van der Waals surface area contributed by atoms with Gasteiger partial charge in [0.25, 0.3) is 5.91 Å². The molecule has 4 fully saturated rings. The van der Waals surface area contributed by atoms with E-state index in [2.05, 4.69) is 10.4 Å². The van der Waals surface area contributed by atoms with Crippen molar-refractivity contribution >= 4 is 29.1 Å². The van der Waals surface area contributed by atoms with E-state index in [1.807, 2.05) is 0 Å². The molecule has 4 aliphatic rings. The maximum atomic E-state index is 12.8. The van der Waals surface area contributed by atoms with Crippen molar-refractivity contribution in [1.29, 1.82) is 0 Å². The molecule has 0 aliphatic heterocycles. The summed E-state index contributed by atoms with van der Waals surface area (Å²) in [5.41, 5.74) is 0.414. The Morgan fingerprint density at radius 3 is 2.50 bits per heavy atom. The molecule has 5 nitrogen and oxygen atoms in total. The van der Waals surface area contributed by atoms with Gasteiger partial charge in [-0.1, -0.05) is 29.3 Å². The monoisotopic (exact) mass is 419 g/mol. The van der Waals surface area contributed by atoms with E-state index < -0.39 is 0 Å². The fourth-order valence-electron chi connectivity index (χ4n) is 5.85. The SMILES string of the molecule is O=C(NC12CC3CC(CC(C3)C1)C2)c1ccn(COc2cccc(Cl)c2Cl)n1. The molecule has 2 aromatic rings. The highest BCUT2D eigenvalue weighted by Crippen LogP contribution is 2.55. The number of hydrogen-bond donors (Lipinski definition) is 1.